The molecular formula is C21H25NO4. The molecule has 5 heteroatoms. The van der Waals surface area contributed by atoms with Gasteiger partial charge >= 0.3 is 6.09 Å². The number of hydrogen-bond donors (Lipinski definition) is 2. The van der Waals surface area contributed by atoms with E-state index in [0.29, 0.717) is 6.54 Å². The van der Waals surface area contributed by atoms with Crippen molar-refractivity contribution < 1.29 is 19.4 Å². The summed E-state index contributed by atoms with van der Waals surface area (Å²) < 4.78 is 11.0. The van der Waals surface area contributed by atoms with Crippen molar-refractivity contribution in [1.29, 1.82) is 0 Å². The second-order valence-electron chi connectivity index (χ2n) is 7.01. The van der Waals surface area contributed by atoms with Gasteiger partial charge in [0.1, 0.15) is 6.61 Å². The van der Waals surface area contributed by atoms with Crippen molar-refractivity contribution >= 4 is 6.09 Å². The maximum absolute atomic E-state index is 12.1. The van der Waals surface area contributed by atoms with Gasteiger partial charge in [0.2, 0.25) is 0 Å². The van der Waals surface area contributed by atoms with Crippen molar-refractivity contribution in [3.8, 4) is 11.1 Å². The van der Waals surface area contributed by atoms with E-state index in [9.17, 15) is 4.79 Å². The van der Waals surface area contributed by atoms with Crippen LogP contribution in [0.25, 0.3) is 11.1 Å². The fraction of sp³-hybridized carbons (Fsp3) is 0.381. The quantitative estimate of drug-likeness (QED) is 0.800. The third kappa shape index (κ3) is 4.06. The zero-order chi connectivity index (χ0) is 18.6. The van der Waals surface area contributed by atoms with E-state index in [1.165, 1.54) is 22.3 Å². The summed E-state index contributed by atoms with van der Waals surface area (Å²) in [7, 11) is 0. The summed E-state index contributed by atoms with van der Waals surface area (Å²) in [5.41, 5.74) is 4.22. The average molecular weight is 355 g/mol. The van der Waals surface area contributed by atoms with Crippen molar-refractivity contribution in [2.24, 2.45) is 0 Å². The van der Waals surface area contributed by atoms with Crippen molar-refractivity contribution in [2.45, 2.75) is 25.4 Å². The lowest BCUT2D eigenvalue weighted by Gasteiger charge is -2.25. The van der Waals surface area contributed by atoms with Gasteiger partial charge in [-0.2, -0.15) is 0 Å². The number of fused-ring (bicyclic) bond motifs is 3. The van der Waals surface area contributed by atoms with Crippen LogP contribution >= 0.6 is 0 Å². The molecule has 0 fully saturated rings. The number of carbonyl (C=O) groups excluding carboxylic acids is 1. The van der Waals surface area contributed by atoms with Crippen LogP contribution in [-0.2, 0) is 9.47 Å². The van der Waals surface area contributed by atoms with E-state index < -0.39 is 11.7 Å². The third-order valence-electron chi connectivity index (χ3n) is 4.59. The van der Waals surface area contributed by atoms with Gasteiger partial charge in [0.25, 0.3) is 0 Å². The van der Waals surface area contributed by atoms with E-state index >= 15 is 0 Å². The van der Waals surface area contributed by atoms with Gasteiger partial charge in [-0.05, 0) is 36.1 Å². The van der Waals surface area contributed by atoms with Gasteiger partial charge in [-0.1, -0.05) is 48.5 Å². The normalized spacial score (nSPS) is 13.2. The summed E-state index contributed by atoms with van der Waals surface area (Å²) in [6.45, 7) is 4.49. The third-order valence-corrected chi connectivity index (χ3v) is 4.59. The van der Waals surface area contributed by atoms with E-state index in [-0.39, 0.29) is 25.7 Å². The number of amides is 1. The van der Waals surface area contributed by atoms with Gasteiger partial charge in [0.05, 0.1) is 18.8 Å². The molecule has 1 amide bonds. The van der Waals surface area contributed by atoms with E-state index in [1.54, 1.807) is 0 Å². The van der Waals surface area contributed by atoms with Crippen LogP contribution in [-0.4, -0.2) is 43.2 Å². The number of hydrogen-bond acceptors (Lipinski definition) is 4. The summed E-state index contributed by atoms with van der Waals surface area (Å²) in [6, 6.07) is 16.5. The number of nitrogens with one attached hydrogen (secondary N) is 1. The summed E-state index contributed by atoms with van der Waals surface area (Å²) in [5.74, 6) is 0.0480. The molecule has 0 unspecified atom stereocenters. The first-order valence-electron chi connectivity index (χ1n) is 8.85. The van der Waals surface area contributed by atoms with Gasteiger partial charge in [-0.25, -0.2) is 4.79 Å². The number of aliphatic hydroxyl groups is 1. The van der Waals surface area contributed by atoms with E-state index in [2.05, 4.69) is 29.6 Å². The highest BCUT2D eigenvalue weighted by Crippen LogP contribution is 2.44. The van der Waals surface area contributed by atoms with Gasteiger partial charge in [0, 0.05) is 12.5 Å². The number of carbonyl (C=O) groups is 1. The summed E-state index contributed by atoms with van der Waals surface area (Å²) >= 11 is 0. The molecule has 0 heterocycles. The van der Waals surface area contributed by atoms with Crippen molar-refractivity contribution in [3.05, 3.63) is 59.7 Å². The Morgan fingerprint density at radius 1 is 1.08 bits per heavy atom. The summed E-state index contributed by atoms with van der Waals surface area (Å²) in [5, 5.41) is 11.6. The number of alkyl carbamates (subject to hydrolysis) is 1. The predicted molar refractivity (Wildman–Crippen MR) is 100 cm³/mol. The molecule has 2 N–H and O–H groups in total. The molecule has 0 spiro atoms. The van der Waals surface area contributed by atoms with Crippen LogP contribution < -0.4 is 5.32 Å². The van der Waals surface area contributed by atoms with Gasteiger partial charge in [-0.3, -0.25) is 0 Å². The van der Waals surface area contributed by atoms with E-state index in [4.69, 9.17) is 14.6 Å². The Bertz CT molecular complexity index is 727. The Balaban J connectivity index is 1.61. The molecule has 2 aromatic carbocycles. The second-order valence-corrected chi connectivity index (χ2v) is 7.01. The lowest BCUT2D eigenvalue weighted by atomic mass is 9.98. The van der Waals surface area contributed by atoms with E-state index in [1.807, 2.05) is 38.1 Å². The van der Waals surface area contributed by atoms with Gasteiger partial charge < -0.3 is 19.9 Å². The fourth-order valence-corrected chi connectivity index (χ4v) is 3.31. The molecule has 138 valence electrons. The maximum atomic E-state index is 12.1. The molecule has 0 atom stereocenters. The highest BCUT2D eigenvalue weighted by molar-refractivity contribution is 5.79. The van der Waals surface area contributed by atoms with Gasteiger partial charge in [-0.15, -0.1) is 0 Å². The van der Waals surface area contributed by atoms with Crippen LogP contribution in [0, 0.1) is 0 Å². The number of rotatable bonds is 7. The van der Waals surface area contributed by atoms with Crippen molar-refractivity contribution in [1.82, 2.24) is 5.32 Å². The Hall–Kier alpha value is -2.37. The van der Waals surface area contributed by atoms with Gasteiger partial charge in [0.15, 0.2) is 0 Å². The highest BCUT2D eigenvalue weighted by Gasteiger charge is 2.29. The molecule has 0 aromatic heterocycles. The molecule has 0 bridgehead atoms. The summed E-state index contributed by atoms with van der Waals surface area (Å²) in [4.78, 5) is 12.1. The monoisotopic (exact) mass is 355 g/mol. The average Bonchev–Trinajstić information content (AvgIpc) is 2.97. The molecule has 0 aliphatic heterocycles. The number of benzene rings is 2. The SMILES string of the molecule is CC(C)(CNC(=O)OCC1c2ccccc2-c2ccccc21)OCCO. The standard InChI is InChI=1S/C21H25NO4/c1-21(2,26-12-11-23)14-22-20(24)25-13-19-17-9-5-3-7-15(17)16-8-4-6-10-18(16)19/h3-10,19,23H,11-14H2,1-2H3,(H,22,24). The van der Waals surface area contributed by atoms with Crippen LogP contribution in [0.5, 0.6) is 0 Å². The molecular weight excluding hydrogens is 330 g/mol. The minimum Gasteiger partial charge on any atom is -0.449 e. The van der Waals surface area contributed by atoms with E-state index in [0.717, 1.165) is 0 Å². The van der Waals surface area contributed by atoms with Crippen LogP contribution in [0.1, 0.15) is 30.9 Å². The first kappa shape index (κ1) is 18.4. The smallest absolute Gasteiger partial charge is 0.407 e. The molecule has 0 radical (unpaired) electrons. The van der Waals surface area contributed by atoms with Crippen LogP contribution in [0.2, 0.25) is 0 Å². The first-order valence-corrected chi connectivity index (χ1v) is 8.85. The molecule has 5 nitrogen and oxygen atoms in total. The second kappa shape index (κ2) is 7.89. The number of aliphatic hydroxyl groups excluding tert-OH is 1. The highest BCUT2D eigenvalue weighted by atomic mass is 16.5. The lowest BCUT2D eigenvalue weighted by Crippen LogP contribution is -2.41. The molecule has 26 heavy (non-hydrogen) atoms. The van der Waals surface area contributed by atoms with Crippen molar-refractivity contribution in [3.63, 3.8) is 0 Å². The van der Waals surface area contributed by atoms with Crippen LogP contribution in [0.4, 0.5) is 4.79 Å². The molecule has 1 aliphatic rings. The zero-order valence-corrected chi connectivity index (χ0v) is 15.2. The van der Waals surface area contributed by atoms with Crippen LogP contribution in [0.15, 0.2) is 48.5 Å². The Morgan fingerprint density at radius 2 is 1.65 bits per heavy atom. The molecule has 0 saturated carbocycles. The zero-order valence-electron chi connectivity index (χ0n) is 15.2. The predicted octanol–water partition coefficient (Wildman–Crippen LogP) is 3.31. The minimum atomic E-state index is -0.561. The minimum absolute atomic E-state index is 0.0472. The first-order chi connectivity index (χ1) is 12.5. The number of ether oxygens (including phenoxy) is 2. The molecule has 1 aliphatic carbocycles. The Labute approximate surface area is 153 Å². The lowest BCUT2D eigenvalue weighted by molar-refractivity contribution is -0.0313. The Kier molecular flexibility index (Phi) is 5.59. The Morgan fingerprint density at radius 3 is 2.23 bits per heavy atom. The molecule has 3 rings (SSSR count). The molecule has 0 saturated heterocycles. The van der Waals surface area contributed by atoms with Crippen molar-refractivity contribution in [2.75, 3.05) is 26.4 Å². The summed E-state index contributed by atoms with van der Waals surface area (Å²) in [6.07, 6.45) is -0.465. The fourth-order valence-electron chi connectivity index (χ4n) is 3.31. The molecule has 2 aromatic rings. The largest absolute Gasteiger partial charge is 0.449 e. The topological polar surface area (TPSA) is 67.8 Å². The maximum Gasteiger partial charge on any atom is 0.407 e. The van der Waals surface area contributed by atoms with Crippen LogP contribution in [0.3, 0.4) is 0 Å².